The Kier molecular flexibility index (Phi) is 6.81. The van der Waals surface area contributed by atoms with Crippen molar-refractivity contribution in [3.63, 3.8) is 0 Å². The maximum atomic E-state index is 13.3. The molecule has 0 aromatic carbocycles. The van der Waals surface area contributed by atoms with Crippen LogP contribution in [0, 0.1) is 0 Å². The van der Waals surface area contributed by atoms with Crippen LogP contribution in [0.5, 0.6) is 0 Å². The van der Waals surface area contributed by atoms with Gasteiger partial charge in [-0.05, 0) is 49.6 Å². The van der Waals surface area contributed by atoms with Gasteiger partial charge < -0.3 is 0 Å². The summed E-state index contributed by atoms with van der Waals surface area (Å²) in [5.41, 5.74) is 2.70. The van der Waals surface area contributed by atoms with Gasteiger partial charge >= 0.3 is 0 Å². The highest BCUT2D eigenvalue weighted by Gasteiger charge is 2.09. The molecule has 1 aromatic rings. The molecule has 2 rings (SSSR count). The van der Waals surface area contributed by atoms with E-state index < -0.39 is 0 Å². The molecule has 1 aliphatic carbocycles. The molecule has 5 heteroatoms. The molecule has 1 aliphatic rings. The zero-order valence-corrected chi connectivity index (χ0v) is 14.5. The van der Waals surface area contributed by atoms with Gasteiger partial charge in [0, 0.05) is 23.4 Å². The molecule has 0 amide bonds. The van der Waals surface area contributed by atoms with Crippen molar-refractivity contribution in [3.05, 3.63) is 71.3 Å². The van der Waals surface area contributed by atoms with Crippen molar-refractivity contribution in [1.29, 1.82) is 0 Å². The second-order valence-corrected chi connectivity index (χ2v) is 6.61. The highest BCUT2D eigenvalue weighted by atomic mass is 35.5. The van der Waals surface area contributed by atoms with E-state index in [1.165, 1.54) is 12.2 Å². The first-order valence-electron chi connectivity index (χ1n) is 7.25. The summed E-state index contributed by atoms with van der Waals surface area (Å²) in [6, 6.07) is 3.72. The molecule has 0 bridgehead atoms. The predicted molar refractivity (Wildman–Crippen MR) is 97.9 cm³/mol. The summed E-state index contributed by atoms with van der Waals surface area (Å²) in [6.07, 6.45) is 9.62. The maximum Gasteiger partial charge on any atom is 0.122 e. The zero-order chi connectivity index (χ0) is 16.7. The summed E-state index contributed by atoms with van der Waals surface area (Å²) in [5, 5.41) is 1.55. The van der Waals surface area contributed by atoms with Crippen LogP contribution >= 0.6 is 23.4 Å². The lowest BCUT2D eigenvalue weighted by Gasteiger charge is -2.09. The molecular formula is C18H18ClFN2S. The van der Waals surface area contributed by atoms with E-state index in [-0.39, 0.29) is 5.83 Å². The van der Waals surface area contributed by atoms with Gasteiger partial charge in [0.1, 0.15) is 5.83 Å². The Bertz CT molecular complexity index is 687. The predicted octanol–water partition coefficient (Wildman–Crippen LogP) is 5.93. The standard InChI is InChI=1S/C18H18ClFN2S/c1-13(2)22-17(14-4-3-5-16(20)8-6-14)10-11-23-18-9-7-15(19)12-21-18/h3,5-9,12H,1,4,10-11H2,2H3/b22-17+. The highest BCUT2D eigenvalue weighted by molar-refractivity contribution is 7.99. The molecule has 1 aromatic heterocycles. The second kappa shape index (κ2) is 8.85. The average molecular weight is 349 g/mol. The highest BCUT2D eigenvalue weighted by Crippen LogP contribution is 2.21. The second-order valence-electron chi connectivity index (χ2n) is 5.06. The summed E-state index contributed by atoms with van der Waals surface area (Å²) in [6.45, 7) is 5.71. The Balaban J connectivity index is 2.03. The molecule has 0 saturated carbocycles. The normalized spacial score (nSPS) is 15.0. The number of aliphatic imine (C=N–C) groups is 1. The van der Waals surface area contributed by atoms with Gasteiger partial charge in [-0.25, -0.2) is 9.37 Å². The van der Waals surface area contributed by atoms with Crippen LogP contribution in [0.3, 0.4) is 0 Å². The Morgan fingerprint density at radius 1 is 1.43 bits per heavy atom. The molecule has 2 nitrogen and oxygen atoms in total. The molecule has 0 N–H and O–H groups in total. The molecular weight excluding hydrogens is 331 g/mol. The molecule has 120 valence electrons. The fraction of sp³-hybridized carbons (Fsp3) is 0.222. The first-order valence-corrected chi connectivity index (χ1v) is 8.61. The van der Waals surface area contributed by atoms with Gasteiger partial charge in [-0.3, -0.25) is 4.99 Å². The van der Waals surface area contributed by atoms with E-state index in [4.69, 9.17) is 11.6 Å². The van der Waals surface area contributed by atoms with Crippen LogP contribution in [0.15, 0.2) is 76.3 Å². The number of hydrogen-bond donors (Lipinski definition) is 0. The van der Waals surface area contributed by atoms with Crippen LogP contribution in [0.2, 0.25) is 5.02 Å². The number of hydrogen-bond acceptors (Lipinski definition) is 3. The summed E-state index contributed by atoms with van der Waals surface area (Å²) in [5.74, 6) is 0.586. The van der Waals surface area contributed by atoms with Gasteiger partial charge in [-0.1, -0.05) is 30.3 Å². The van der Waals surface area contributed by atoms with Crippen LogP contribution in [-0.2, 0) is 0 Å². The number of halogens is 2. The number of rotatable bonds is 6. The minimum Gasteiger partial charge on any atom is -0.258 e. The Hall–Kier alpha value is -1.65. The van der Waals surface area contributed by atoms with Crippen LogP contribution in [0.25, 0.3) is 0 Å². The molecule has 0 fully saturated rings. The number of allylic oxidation sites excluding steroid dienone is 7. The summed E-state index contributed by atoms with van der Waals surface area (Å²) < 4.78 is 13.3. The minimum atomic E-state index is -0.241. The fourth-order valence-corrected chi connectivity index (χ4v) is 2.94. The molecule has 0 radical (unpaired) electrons. The smallest absolute Gasteiger partial charge is 0.122 e. The Morgan fingerprint density at radius 2 is 2.26 bits per heavy atom. The molecule has 0 spiro atoms. The van der Waals surface area contributed by atoms with Crippen LogP contribution in [-0.4, -0.2) is 16.4 Å². The monoisotopic (exact) mass is 348 g/mol. The van der Waals surface area contributed by atoms with Crippen molar-refractivity contribution in [2.45, 2.75) is 24.8 Å². The van der Waals surface area contributed by atoms with Crippen molar-refractivity contribution in [1.82, 2.24) is 4.98 Å². The quantitative estimate of drug-likeness (QED) is 0.470. The van der Waals surface area contributed by atoms with Crippen molar-refractivity contribution in [2.24, 2.45) is 4.99 Å². The maximum absolute atomic E-state index is 13.3. The lowest BCUT2D eigenvalue weighted by atomic mass is 10.0. The van der Waals surface area contributed by atoms with E-state index in [1.54, 1.807) is 24.0 Å². The van der Waals surface area contributed by atoms with E-state index in [2.05, 4.69) is 16.6 Å². The van der Waals surface area contributed by atoms with Crippen LogP contribution < -0.4 is 0 Å². The minimum absolute atomic E-state index is 0.241. The summed E-state index contributed by atoms with van der Waals surface area (Å²) >= 11 is 7.47. The van der Waals surface area contributed by atoms with Gasteiger partial charge in [0.05, 0.1) is 10.0 Å². The SMILES string of the molecule is C=C(C)/N=C(\CCSc1ccc(Cl)cn1)C1=CC=C(F)C=CC1. The van der Waals surface area contributed by atoms with Gasteiger partial charge in [-0.2, -0.15) is 0 Å². The van der Waals surface area contributed by atoms with Crippen molar-refractivity contribution in [2.75, 3.05) is 5.75 Å². The average Bonchev–Trinajstić information content (AvgIpc) is 2.72. The zero-order valence-electron chi connectivity index (χ0n) is 12.9. The van der Waals surface area contributed by atoms with E-state index in [1.807, 2.05) is 25.1 Å². The van der Waals surface area contributed by atoms with Crippen LogP contribution in [0.1, 0.15) is 19.8 Å². The largest absolute Gasteiger partial charge is 0.258 e. The first kappa shape index (κ1) is 17.7. The first-order chi connectivity index (χ1) is 11.0. The summed E-state index contributed by atoms with van der Waals surface area (Å²) in [4.78, 5) is 8.79. The summed E-state index contributed by atoms with van der Waals surface area (Å²) in [7, 11) is 0. The lowest BCUT2D eigenvalue weighted by molar-refractivity contribution is 0.667. The van der Waals surface area contributed by atoms with Gasteiger partial charge in [0.15, 0.2) is 0 Å². The number of nitrogens with zero attached hydrogens (tertiary/aromatic N) is 2. The molecule has 0 unspecified atom stereocenters. The molecule has 0 saturated heterocycles. The number of thioether (sulfide) groups is 1. The van der Waals surface area contributed by atoms with Crippen molar-refractivity contribution in [3.8, 4) is 0 Å². The van der Waals surface area contributed by atoms with E-state index >= 15 is 0 Å². The number of aromatic nitrogens is 1. The Labute approximate surface area is 145 Å². The van der Waals surface area contributed by atoms with Gasteiger partial charge in [0.2, 0.25) is 0 Å². The molecule has 1 heterocycles. The van der Waals surface area contributed by atoms with Crippen molar-refractivity contribution >= 4 is 29.1 Å². The number of pyridine rings is 1. The molecule has 0 atom stereocenters. The third-order valence-electron chi connectivity index (χ3n) is 3.04. The van der Waals surface area contributed by atoms with Gasteiger partial charge in [-0.15, -0.1) is 11.8 Å². The van der Waals surface area contributed by atoms with Crippen molar-refractivity contribution < 1.29 is 4.39 Å². The Morgan fingerprint density at radius 3 is 2.96 bits per heavy atom. The molecule has 0 aliphatic heterocycles. The fourth-order valence-electron chi connectivity index (χ4n) is 2.03. The molecule has 23 heavy (non-hydrogen) atoms. The van der Waals surface area contributed by atoms with Crippen LogP contribution in [0.4, 0.5) is 4.39 Å². The van der Waals surface area contributed by atoms with E-state index in [9.17, 15) is 4.39 Å². The van der Waals surface area contributed by atoms with E-state index in [0.29, 0.717) is 11.4 Å². The van der Waals surface area contributed by atoms with E-state index in [0.717, 1.165) is 34.2 Å². The van der Waals surface area contributed by atoms with Gasteiger partial charge in [0.25, 0.3) is 0 Å². The topological polar surface area (TPSA) is 25.2 Å². The third kappa shape index (κ3) is 6.16. The third-order valence-corrected chi connectivity index (χ3v) is 4.21. The lowest BCUT2D eigenvalue weighted by Crippen LogP contribution is -2.05.